The Hall–Kier alpha value is -3.07. The van der Waals surface area contributed by atoms with Gasteiger partial charge in [0.2, 0.25) is 0 Å². The Bertz CT molecular complexity index is 1330. The molecule has 4 atom stereocenters. The van der Waals surface area contributed by atoms with Crippen molar-refractivity contribution in [2.24, 2.45) is 11.7 Å². The molecule has 1 aliphatic rings. The lowest BCUT2D eigenvalue weighted by Crippen LogP contribution is -2.46. The largest absolute Gasteiger partial charge is 0.325 e. The van der Waals surface area contributed by atoms with Gasteiger partial charge in [0, 0.05) is 25.6 Å². The third-order valence-electron chi connectivity index (χ3n) is 6.39. The lowest BCUT2D eigenvalue weighted by Gasteiger charge is -2.39. The van der Waals surface area contributed by atoms with Gasteiger partial charge in [-0.3, -0.25) is 14.3 Å². The van der Waals surface area contributed by atoms with Crippen molar-refractivity contribution in [2.45, 2.75) is 37.8 Å². The molecule has 3 aromatic rings. The van der Waals surface area contributed by atoms with Crippen molar-refractivity contribution < 1.29 is 27.1 Å². The molecule has 3 N–H and O–H groups in total. The van der Waals surface area contributed by atoms with Crippen LogP contribution in [0, 0.1) is 23.4 Å². The van der Waals surface area contributed by atoms with E-state index in [2.05, 4.69) is 15.3 Å². The monoisotopic (exact) mass is 532 g/mol. The Morgan fingerprint density at radius 1 is 1.08 bits per heavy atom. The van der Waals surface area contributed by atoms with Crippen LogP contribution in [0.25, 0.3) is 11.3 Å². The van der Waals surface area contributed by atoms with Crippen LogP contribution in [-0.2, 0) is 9.09 Å². The number of benzene rings is 1. The maximum absolute atomic E-state index is 14.4. The normalized spacial score (nSPS) is 22.0. The van der Waals surface area contributed by atoms with E-state index >= 15 is 0 Å². The molecule has 4 rings (SSSR count). The fourth-order valence-electron chi connectivity index (χ4n) is 4.81. The summed E-state index contributed by atoms with van der Waals surface area (Å²) in [5, 5.41) is 2.74. The Kier molecular flexibility index (Phi) is 7.83. The van der Waals surface area contributed by atoms with Gasteiger partial charge >= 0.3 is 0 Å². The van der Waals surface area contributed by atoms with Gasteiger partial charge in [0.15, 0.2) is 7.37 Å². The number of nitrogens with one attached hydrogen (secondary N) is 1. The average Bonchev–Trinajstić information content (AvgIpc) is 2.82. The third-order valence-corrected chi connectivity index (χ3v) is 7.14. The van der Waals surface area contributed by atoms with Gasteiger partial charge in [0.25, 0.3) is 5.91 Å². The molecule has 1 aliphatic carbocycles. The minimum Gasteiger partial charge on any atom is -0.325 e. The van der Waals surface area contributed by atoms with Gasteiger partial charge in [0.05, 0.1) is 23.6 Å². The van der Waals surface area contributed by atoms with E-state index in [9.17, 15) is 22.5 Å². The van der Waals surface area contributed by atoms with Crippen molar-refractivity contribution in [1.29, 1.82) is 0 Å². The number of hydrogen-bond acceptors (Lipinski definition) is 6. The molecule has 0 bridgehead atoms. The van der Waals surface area contributed by atoms with Crippen LogP contribution in [0.2, 0.25) is 0 Å². The highest BCUT2D eigenvalue weighted by atomic mass is 31.2. The van der Waals surface area contributed by atoms with Gasteiger partial charge in [-0.1, -0.05) is 13.0 Å². The zero-order valence-electron chi connectivity index (χ0n) is 20.6. The quantitative estimate of drug-likeness (QED) is 0.402. The molecule has 1 saturated carbocycles. The zero-order chi connectivity index (χ0) is 26.9. The maximum atomic E-state index is 14.4. The predicted octanol–water partition coefficient (Wildman–Crippen LogP) is 5.58. The summed E-state index contributed by atoms with van der Waals surface area (Å²) in [6.45, 7) is 5.10. The van der Waals surface area contributed by atoms with Gasteiger partial charge in [-0.25, -0.2) is 18.2 Å². The van der Waals surface area contributed by atoms with Crippen molar-refractivity contribution in [3.8, 4) is 11.3 Å². The number of nitrogens with zero attached hydrogens (tertiary/aromatic N) is 2. The van der Waals surface area contributed by atoms with E-state index in [0.29, 0.717) is 18.5 Å². The minimum absolute atomic E-state index is 0.00989. The van der Waals surface area contributed by atoms with Crippen LogP contribution >= 0.6 is 7.37 Å². The number of rotatable bonds is 6. The van der Waals surface area contributed by atoms with E-state index in [-0.39, 0.29) is 29.7 Å². The summed E-state index contributed by atoms with van der Waals surface area (Å²) < 4.78 is 60.9. The Balaban J connectivity index is 1.58. The van der Waals surface area contributed by atoms with Crippen LogP contribution in [0.3, 0.4) is 0 Å². The molecule has 4 unspecified atom stereocenters. The first-order valence-electron chi connectivity index (χ1n) is 11.8. The number of carbonyl (C=O) groups excluding carboxylic acids is 1. The van der Waals surface area contributed by atoms with E-state index in [1.165, 1.54) is 6.20 Å². The molecule has 196 valence electrons. The van der Waals surface area contributed by atoms with Crippen molar-refractivity contribution in [3.63, 3.8) is 0 Å². The van der Waals surface area contributed by atoms with Crippen LogP contribution in [0.1, 0.15) is 41.7 Å². The number of halogens is 3. The predicted molar refractivity (Wildman–Crippen MR) is 135 cm³/mol. The Labute approximate surface area is 213 Å². The summed E-state index contributed by atoms with van der Waals surface area (Å²) in [6, 6.07) is 6.62. The minimum atomic E-state index is -2.73. The van der Waals surface area contributed by atoms with Gasteiger partial charge in [-0.2, -0.15) is 0 Å². The van der Waals surface area contributed by atoms with Crippen molar-refractivity contribution in [3.05, 3.63) is 77.5 Å². The molecule has 7 nitrogen and oxygen atoms in total. The van der Waals surface area contributed by atoms with E-state index < -0.39 is 42.0 Å². The van der Waals surface area contributed by atoms with Gasteiger partial charge in [-0.05, 0) is 60.6 Å². The lowest BCUT2D eigenvalue weighted by molar-refractivity contribution is 0.0780. The molecule has 0 spiro atoms. The number of amides is 1. The number of anilines is 1. The SMILES string of the molecule is CC1CC(c2ccncc2NC(=O)c2ccc(F)c(-c3c(F)cccc3F)n2)CC(N)C1OP(C)(C)=O. The van der Waals surface area contributed by atoms with Crippen LogP contribution in [0.15, 0.2) is 48.8 Å². The van der Waals surface area contributed by atoms with Gasteiger partial charge < -0.3 is 15.6 Å². The second kappa shape index (κ2) is 10.7. The molecular weight excluding hydrogens is 504 g/mol. The fraction of sp³-hybridized carbons (Fsp3) is 0.346. The first-order valence-corrected chi connectivity index (χ1v) is 14.3. The summed E-state index contributed by atoms with van der Waals surface area (Å²) in [6.07, 6.45) is 3.95. The van der Waals surface area contributed by atoms with Crippen LogP contribution in [0.4, 0.5) is 18.9 Å². The second-order valence-corrected chi connectivity index (χ2v) is 12.4. The highest BCUT2D eigenvalue weighted by molar-refractivity contribution is 7.57. The first kappa shape index (κ1) is 27.0. The molecule has 0 aliphatic heterocycles. The smallest absolute Gasteiger partial charge is 0.274 e. The lowest BCUT2D eigenvalue weighted by atomic mass is 9.74. The first-order chi connectivity index (χ1) is 17.4. The molecule has 2 aromatic heterocycles. The van der Waals surface area contributed by atoms with E-state index in [1.54, 1.807) is 25.6 Å². The van der Waals surface area contributed by atoms with Crippen molar-refractivity contribution in [1.82, 2.24) is 9.97 Å². The summed E-state index contributed by atoms with van der Waals surface area (Å²) in [4.78, 5) is 21.1. The number of hydrogen-bond donors (Lipinski definition) is 2. The second-order valence-electron chi connectivity index (χ2n) is 9.67. The van der Waals surface area contributed by atoms with Crippen LogP contribution < -0.4 is 11.1 Å². The number of carbonyl (C=O) groups is 1. The van der Waals surface area contributed by atoms with Crippen molar-refractivity contribution in [2.75, 3.05) is 18.6 Å². The van der Waals surface area contributed by atoms with Crippen LogP contribution in [-0.4, -0.2) is 41.4 Å². The highest BCUT2D eigenvalue weighted by Crippen LogP contribution is 2.46. The molecule has 1 fully saturated rings. The molecule has 0 radical (unpaired) electrons. The van der Waals surface area contributed by atoms with E-state index in [1.807, 2.05) is 6.92 Å². The summed E-state index contributed by atoms with van der Waals surface area (Å²) in [5.74, 6) is -3.68. The van der Waals surface area contributed by atoms with Gasteiger partial charge in [-0.15, -0.1) is 0 Å². The summed E-state index contributed by atoms with van der Waals surface area (Å²) in [5.41, 5.74) is 6.14. The molecule has 0 saturated heterocycles. The third kappa shape index (κ3) is 6.09. The number of aromatic nitrogens is 2. The fourth-order valence-corrected chi connectivity index (χ4v) is 5.76. The molecule has 37 heavy (non-hydrogen) atoms. The van der Waals surface area contributed by atoms with Gasteiger partial charge in [0.1, 0.15) is 28.8 Å². The Morgan fingerprint density at radius 3 is 2.43 bits per heavy atom. The standard InChI is InChI=1S/C26H28F3N4O3P/c1-14-11-15(12-20(30)25(14)36-37(2,3)35)16-9-10-31-13-22(16)33-26(34)21-8-7-19(29)24(32-21)23-17(27)5-4-6-18(23)28/h4-10,13-15,20,25H,11-12,30H2,1-3H3,(H,33,34). The number of nitrogens with two attached hydrogens (primary N) is 1. The molecule has 1 amide bonds. The maximum Gasteiger partial charge on any atom is 0.274 e. The summed E-state index contributed by atoms with van der Waals surface area (Å²) >= 11 is 0. The number of pyridine rings is 2. The zero-order valence-corrected chi connectivity index (χ0v) is 21.5. The topological polar surface area (TPSA) is 107 Å². The van der Waals surface area contributed by atoms with E-state index in [0.717, 1.165) is 35.9 Å². The molecular formula is C26H28F3N4O3P. The molecule has 11 heteroatoms. The van der Waals surface area contributed by atoms with E-state index in [4.69, 9.17) is 10.3 Å². The molecule has 1 aromatic carbocycles. The average molecular weight is 533 g/mol. The highest BCUT2D eigenvalue weighted by Gasteiger charge is 2.38. The summed E-state index contributed by atoms with van der Waals surface area (Å²) in [7, 11) is -2.73. The molecule has 2 heterocycles. The van der Waals surface area contributed by atoms with Crippen molar-refractivity contribution >= 4 is 19.0 Å². The Morgan fingerprint density at radius 2 is 1.78 bits per heavy atom. The van der Waals surface area contributed by atoms with Crippen LogP contribution in [0.5, 0.6) is 0 Å².